The molecule has 2 rings (SSSR count). The first kappa shape index (κ1) is 13.6. The molecule has 1 aliphatic rings. The van der Waals surface area contributed by atoms with Gasteiger partial charge in [-0.2, -0.15) is 5.10 Å². The molecule has 1 aliphatic heterocycles. The van der Waals surface area contributed by atoms with Crippen molar-refractivity contribution in [3.8, 4) is 0 Å². The van der Waals surface area contributed by atoms with Gasteiger partial charge in [0.1, 0.15) is 0 Å². The van der Waals surface area contributed by atoms with Crippen LogP contribution in [0, 0.1) is 5.92 Å². The Hall–Kier alpha value is -0.870. The molecule has 0 amide bonds. The van der Waals surface area contributed by atoms with Crippen molar-refractivity contribution in [3.63, 3.8) is 0 Å². The van der Waals surface area contributed by atoms with Gasteiger partial charge in [0.25, 0.3) is 0 Å². The average molecular weight is 250 g/mol. The van der Waals surface area contributed by atoms with E-state index in [-0.39, 0.29) is 0 Å². The third-order valence-corrected chi connectivity index (χ3v) is 3.99. The summed E-state index contributed by atoms with van der Waals surface area (Å²) in [6, 6.07) is 0.645. The zero-order valence-electron chi connectivity index (χ0n) is 12.1. The van der Waals surface area contributed by atoms with E-state index in [1.165, 1.54) is 30.8 Å². The monoisotopic (exact) mass is 250 g/mol. The largest absolute Gasteiger partial charge is 0.309 e. The Morgan fingerprint density at radius 1 is 1.44 bits per heavy atom. The zero-order chi connectivity index (χ0) is 13.1. The first-order chi connectivity index (χ1) is 8.60. The fraction of sp³-hybridized carbons (Fsp3) is 0.786. The minimum absolute atomic E-state index is 0.645. The topological polar surface area (TPSA) is 33.1 Å². The molecular formula is C14H26N4. The molecule has 2 atom stereocenters. The second kappa shape index (κ2) is 5.85. The fourth-order valence-corrected chi connectivity index (χ4v) is 2.93. The van der Waals surface area contributed by atoms with Crippen LogP contribution >= 0.6 is 0 Å². The number of hydrogen-bond acceptors (Lipinski definition) is 3. The van der Waals surface area contributed by atoms with Crippen LogP contribution < -0.4 is 5.32 Å². The van der Waals surface area contributed by atoms with Gasteiger partial charge in [-0.25, -0.2) is 0 Å². The lowest BCUT2D eigenvalue weighted by atomic mass is 9.94. The molecule has 2 heterocycles. The van der Waals surface area contributed by atoms with E-state index in [2.05, 4.69) is 42.4 Å². The normalized spacial score (nSPS) is 25.6. The molecule has 0 radical (unpaired) electrons. The summed E-state index contributed by atoms with van der Waals surface area (Å²) in [5, 5.41) is 8.21. The number of hydrogen-bond donors (Lipinski definition) is 1. The number of piperidine rings is 1. The van der Waals surface area contributed by atoms with E-state index >= 15 is 0 Å². The molecule has 1 saturated heterocycles. The van der Waals surface area contributed by atoms with Crippen LogP contribution in [0.1, 0.15) is 31.5 Å². The molecule has 18 heavy (non-hydrogen) atoms. The van der Waals surface area contributed by atoms with Crippen LogP contribution in [0.5, 0.6) is 0 Å². The Morgan fingerprint density at radius 3 is 2.89 bits per heavy atom. The number of likely N-dealkylation sites (tertiary alicyclic amines) is 1. The van der Waals surface area contributed by atoms with Gasteiger partial charge in [-0.05, 0) is 32.4 Å². The van der Waals surface area contributed by atoms with Gasteiger partial charge < -0.3 is 10.2 Å². The van der Waals surface area contributed by atoms with Gasteiger partial charge in [0, 0.05) is 37.9 Å². The van der Waals surface area contributed by atoms with Gasteiger partial charge in [0.15, 0.2) is 0 Å². The van der Waals surface area contributed by atoms with E-state index in [1.807, 2.05) is 11.7 Å². The zero-order valence-corrected chi connectivity index (χ0v) is 12.1. The van der Waals surface area contributed by atoms with E-state index in [4.69, 9.17) is 0 Å². The van der Waals surface area contributed by atoms with Crippen molar-refractivity contribution in [1.82, 2.24) is 20.0 Å². The molecule has 1 fully saturated rings. The smallest absolute Gasteiger partial charge is 0.0666 e. The third kappa shape index (κ3) is 3.12. The van der Waals surface area contributed by atoms with Crippen molar-refractivity contribution in [2.24, 2.45) is 13.0 Å². The molecule has 0 bridgehead atoms. The summed E-state index contributed by atoms with van der Waals surface area (Å²) in [5.74, 6) is 0.727. The summed E-state index contributed by atoms with van der Waals surface area (Å²) in [4.78, 5) is 2.42. The summed E-state index contributed by atoms with van der Waals surface area (Å²) in [7, 11) is 4.21. The first-order valence-electron chi connectivity index (χ1n) is 7.03. The first-order valence-corrected chi connectivity index (χ1v) is 7.03. The quantitative estimate of drug-likeness (QED) is 0.877. The summed E-state index contributed by atoms with van der Waals surface area (Å²) >= 11 is 0. The van der Waals surface area contributed by atoms with Crippen molar-refractivity contribution in [2.45, 2.75) is 39.3 Å². The van der Waals surface area contributed by atoms with Crippen molar-refractivity contribution in [2.75, 3.05) is 20.1 Å². The lowest BCUT2D eigenvalue weighted by Crippen LogP contribution is -2.46. The highest BCUT2D eigenvalue weighted by molar-refractivity contribution is 5.16. The lowest BCUT2D eigenvalue weighted by Gasteiger charge is -2.35. The van der Waals surface area contributed by atoms with Crippen LogP contribution in [0.25, 0.3) is 0 Å². The van der Waals surface area contributed by atoms with Crippen LogP contribution in [-0.4, -0.2) is 40.9 Å². The molecule has 1 aromatic heterocycles. The number of nitrogens with one attached hydrogen (secondary N) is 1. The maximum Gasteiger partial charge on any atom is 0.0666 e. The number of aromatic nitrogens is 2. The Kier molecular flexibility index (Phi) is 4.40. The molecule has 4 nitrogen and oxygen atoms in total. The summed E-state index contributed by atoms with van der Waals surface area (Å²) in [6.07, 6.45) is 4.41. The van der Waals surface area contributed by atoms with Gasteiger partial charge in [-0.15, -0.1) is 0 Å². The van der Waals surface area contributed by atoms with Crippen LogP contribution in [0.3, 0.4) is 0 Å². The highest BCUT2D eigenvalue weighted by Crippen LogP contribution is 2.16. The van der Waals surface area contributed by atoms with Crippen molar-refractivity contribution in [3.05, 3.63) is 17.5 Å². The molecule has 2 unspecified atom stereocenters. The van der Waals surface area contributed by atoms with Crippen LogP contribution in [0.15, 0.2) is 6.20 Å². The molecule has 0 aliphatic carbocycles. The van der Waals surface area contributed by atoms with E-state index in [0.29, 0.717) is 6.04 Å². The lowest BCUT2D eigenvalue weighted by molar-refractivity contribution is 0.174. The average Bonchev–Trinajstić information content (AvgIpc) is 2.68. The minimum Gasteiger partial charge on any atom is -0.309 e. The molecule has 1 N–H and O–H groups in total. The van der Waals surface area contributed by atoms with Gasteiger partial charge in [0.05, 0.1) is 5.69 Å². The second-order valence-corrected chi connectivity index (χ2v) is 5.64. The van der Waals surface area contributed by atoms with Crippen LogP contribution in [0.2, 0.25) is 0 Å². The fourth-order valence-electron chi connectivity index (χ4n) is 2.93. The number of aryl methyl sites for hydroxylation is 2. The Labute approximate surface area is 110 Å². The van der Waals surface area contributed by atoms with Crippen molar-refractivity contribution >= 4 is 0 Å². The van der Waals surface area contributed by atoms with Crippen molar-refractivity contribution < 1.29 is 0 Å². The number of rotatable bonds is 4. The maximum absolute atomic E-state index is 4.49. The van der Waals surface area contributed by atoms with E-state index in [0.717, 1.165) is 18.9 Å². The minimum atomic E-state index is 0.645. The predicted octanol–water partition coefficient (Wildman–Crippen LogP) is 1.41. The van der Waals surface area contributed by atoms with E-state index in [1.54, 1.807) is 0 Å². The third-order valence-electron chi connectivity index (χ3n) is 3.99. The molecule has 4 heteroatoms. The van der Waals surface area contributed by atoms with Gasteiger partial charge in [-0.3, -0.25) is 4.68 Å². The molecular weight excluding hydrogens is 224 g/mol. The van der Waals surface area contributed by atoms with E-state index in [9.17, 15) is 0 Å². The second-order valence-electron chi connectivity index (χ2n) is 5.64. The molecule has 0 aromatic carbocycles. The van der Waals surface area contributed by atoms with Gasteiger partial charge in [0.2, 0.25) is 0 Å². The molecule has 0 saturated carbocycles. The summed E-state index contributed by atoms with van der Waals surface area (Å²) in [5.41, 5.74) is 2.58. The highest BCUT2D eigenvalue weighted by atomic mass is 15.3. The van der Waals surface area contributed by atoms with Gasteiger partial charge in [-0.1, -0.05) is 13.8 Å². The molecule has 1 aromatic rings. The van der Waals surface area contributed by atoms with Gasteiger partial charge >= 0.3 is 0 Å². The highest BCUT2D eigenvalue weighted by Gasteiger charge is 2.23. The van der Waals surface area contributed by atoms with Crippen LogP contribution in [0.4, 0.5) is 0 Å². The maximum atomic E-state index is 4.49. The molecule has 102 valence electrons. The predicted molar refractivity (Wildman–Crippen MR) is 74.5 cm³/mol. The number of nitrogens with zero attached hydrogens (tertiary/aromatic N) is 3. The summed E-state index contributed by atoms with van der Waals surface area (Å²) in [6.45, 7) is 7.87. The van der Waals surface area contributed by atoms with E-state index < -0.39 is 0 Å². The Bertz CT molecular complexity index is 385. The Balaban J connectivity index is 1.91. The Morgan fingerprint density at radius 2 is 2.22 bits per heavy atom. The standard InChI is InChI=1S/C14H26N4/c1-5-13-12(10-18(4)16-13)8-15-14-6-7-17(3)9-11(14)2/h10-11,14-15H,5-9H2,1-4H3. The SMILES string of the molecule is CCc1nn(C)cc1CNC1CCN(C)CC1C. The molecule has 0 spiro atoms. The summed E-state index contributed by atoms with van der Waals surface area (Å²) < 4.78 is 1.92. The van der Waals surface area contributed by atoms with Crippen molar-refractivity contribution in [1.29, 1.82) is 0 Å². The van der Waals surface area contributed by atoms with Crippen LogP contribution in [-0.2, 0) is 20.0 Å².